The number of sulfonamides is 1. The van der Waals surface area contributed by atoms with Gasteiger partial charge in [-0.1, -0.05) is 6.07 Å². The van der Waals surface area contributed by atoms with Gasteiger partial charge in [0.05, 0.1) is 4.90 Å². The summed E-state index contributed by atoms with van der Waals surface area (Å²) in [7, 11) is -3.55. The molecule has 1 saturated heterocycles. The number of nitrogens with zero attached hydrogens (tertiary/aromatic N) is 1. The van der Waals surface area contributed by atoms with Crippen LogP contribution in [0.2, 0.25) is 0 Å². The molecule has 2 aliphatic rings. The van der Waals surface area contributed by atoms with Gasteiger partial charge in [0.25, 0.3) is 0 Å². The summed E-state index contributed by atoms with van der Waals surface area (Å²) in [5, 5.41) is 2.11. The lowest BCUT2D eigenvalue weighted by atomic mass is 9.97. The maximum atomic E-state index is 12.6. The largest absolute Gasteiger partial charge is 0.486 e. The van der Waals surface area contributed by atoms with Crippen LogP contribution in [0.25, 0.3) is 0 Å². The van der Waals surface area contributed by atoms with Gasteiger partial charge in [-0.25, -0.2) is 13.1 Å². The molecule has 0 atom stereocenters. The van der Waals surface area contributed by atoms with Crippen LogP contribution in [-0.4, -0.2) is 46.2 Å². The zero-order valence-electron chi connectivity index (χ0n) is 15.1. The summed E-state index contributed by atoms with van der Waals surface area (Å²) in [6.07, 6.45) is 2.02. The van der Waals surface area contributed by atoms with Crippen LogP contribution >= 0.6 is 11.3 Å². The van der Waals surface area contributed by atoms with Gasteiger partial charge in [-0.3, -0.25) is 4.90 Å². The first-order chi connectivity index (χ1) is 13.1. The lowest BCUT2D eigenvalue weighted by Crippen LogP contribution is -2.38. The standard InChI is InChI=1S/C19H24N2O4S2/c22-27(23,17-3-4-18-19(12-17)25-10-9-24-18)20-13-15-5-7-21(8-6-15)14-16-2-1-11-26-16/h1-4,11-12,15,20H,5-10,13-14H2. The first-order valence-electron chi connectivity index (χ1n) is 9.24. The van der Waals surface area contributed by atoms with Gasteiger partial charge < -0.3 is 9.47 Å². The molecule has 1 aromatic heterocycles. The number of ether oxygens (including phenoxy) is 2. The Kier molecular flexibility index (Phi) is 5.68. The summed E-state index contributed by atoms with van der Waals surface area (Å²) in [4.78, 5) is 4.05. The van der Waals surface area contributed by atoms with E-state index in [1.807, 2.05) is 0 Å². The number of fused-ring (bicyclic) bond motifs is 1. The van der Waals surface area contributed by atoms with E-state index in [9.17, 15) is 8.42 Å². The molecule has 0 unspecified atom stereocenters. The summed E-state index contributed by atoms with van der Waals surface area (Å²) in [6, 6.07) is 9.02. The summed E-state index contributed by atoms with van der Waals surface area (Å²) < 4.78 is 38.9. The second-order valence-corrected chi connectivity index (χ2v) is 9.76. The Hall–Kier alpha value is -1.61. The summed E-state index contributed by atoms with van der Waals surface area (Å²) in [6.45, 7) is 4.41. The van der Waals surface area contributed by atoms with E-state index >= 15 is 0 Å². The van der Waals surface area contributed by atoms with Gasteiger partial charge in [0.15, 0.2) is 11.5 Å². The molecule has 0 amide bonds. The van der Waals surface area contributed by atoms with Crippen molar-refractivity contribution in [2.45, 2.75) is 24.3 Å². The van der Waals surface area contributed by atoms with E-state index < -0.39 is 10.0 Å². The van der Waals surface area contributed by atoms with Gasteiger partial charge in [0.2, 0.25) is 10.0 Å². The quantitative estimate of drug-likeness (QED) is 0.796. The van der Waals surface area contributed by atoms with Gasteiger partial charge in [-0.2, -0.15) is 0 Å². The molecular formula is C19H24N2O4S2. The average molecular weight is 409 g/mol. The number of thiophene rings is 1. The van der Waals surface area contributed by atoms with Gasteiger partial charge in [-0.05, 0) is 55.4 Å². The summed E-state index contributed by atoms with van der Waals surface area (Å²) >= 11 is 1.79. The highest BCUT2D eigenvalue weighted by atomic mass is 32.2. The van der Waals surface area contributed by atoms with E-state index in [2.05, 4.69) is 27.1 Å². The van der Waals surface area contributed by atoms with Gasteiger partial charge in [0, 0.05) is 24.0 Å². The van der Waals surface area contributed by atoms with Crippen LogP contribution in [-0.2, 0) is 16.6 Å². The smallest absolute Gasteiger partial charge is 0.240 e. The SMILES string of the molecule is O=S(=O)(NCC1CCN(Cc2cccs2)CC1)c1ccc2c(c1)OCCO2. The molecule has 2 aromatic rings. The van der Waals surface area contributed by atoms with Gasteiger partial charge in [0.1, 0.15) is 13.2 Å². The molecule has 146 valence electrons. The molecule has 0 bridgehead atoms. The second-order valence-electron chi connectivity index (χ2n) is 6.96. The van der Waals surface area contributed by atoms with Crippen LogP contribution < -0.4 is 14.2 Å². The van der Waals surface area contributed by atoms with Crippen LogP contribution in [0.15, 0.2) is 40.6 Å². The minimum absolute atomic E-state index is 0.224. The zero-order valence-corrected chi connectivity index (χ0v) is 16.7. The van der Waals surface area contributed by atoms with E-state index in [1.165, 1.54) is 4.88 Å². The molecule has 3 heterocycles. The molecule has 0 radical (unpaired) electrons. The molecule has 1 N–H and O–H groups in total. The van der Waals surface area contributed by atoms with Crippen molar-refractivity contribution in [2.75, 3.05) is 32.8 Å². The molecule has 1 aromatic carbocycles. The van der Waals surface area contributed by atoms with E-state index in [4.69, 9.17) is 9.47 Å². The number of nitrogens with one attached hydrogen (secondary N) is 1. The molecule has 0 aliphatic carbocycles. The molecule has 8 heteroatoms. The fourth-order valence-corrected chi connectivity index (χ4v) is 5.35. The van der Waals surface area contributed by atoms with Gasteiger partial charge >= 0.3 is 0 Å². The van der Waals surface area contributed by atoms with E-state index in [0.717, 1.165) is 32.5 Å². The predicted octanol–water partition coefficient (Wildman–Crippen LogP) is 2.71. The van der Waals surface area contributed by atoms with Crippen LogP contribution in [0.4, 0.5) is 0 Å². The molecule has 2 aliphatic heterocycles. The monoisotopic (exact) mass is 408 g/mol. The zero-order chi connectivity index (χ0) is 18.7. The number of piperidine rings is 1. The molecule has 4 rings (SSSR count). The molecule has 0 saturated carbocycles. The highest BCUT2D eigenvalue weighted by molar-refractivity contribution is 7.89. The van der Waals surface area contributed by atoms with Crippen LogP contribution in [0, 0.1) is 5.92 Å². The minimum Gasteiger partial charge on any atom is -0.486 e. The Morgan fingerprint density at radius 3 is 2.63 bits per heavy atom. The van der Waals surface area contributed by atoms with E-state index in [1.54, 1.807) is 29.5 Å². The van der Waals surface area contributed by atoms with Crippen molar-refractivity contribution >= 4 is 21.4 Å². The number of benzene rings is 1. The summed E-state index contributed by atoms with van der Waals surface area (Å²) in [5.41, 5.74) is 0. The Morgan fingerprint density at radius 1 is 1.11 bits per heavy atom. The third-order valence-corrected chi connectivity index (χ3v) is 7.34. The Morgan fingerprint density at radius 2 is 1.89 bits per heavy atom. The maximum Gasteiger partial charge on any atom is 0.240 e. The Bertz CT molecular complexity index is 860. The van der Waals surface area contributed by atoms with Crippen molar-refractivity contribution in [2.24, 2.45) is 5.92 Å². The molecule has 1 fully saturated rings. The highest BCUT2D eigenvalue weighted by Crippen LogP contribution is 2.32. The van der Waals surface area contributed by atoms with Crippen molar-refractivity contribution in [1.82, 2.24) is 9.62 Å². The van der Waals surface area contributed by atoms with E-state index in [0.29, 0.717) is 37.2 Å². The minimum atomic E-state index is -3.55. The number of hydrogen-bond donors (Lipinski definition) is 1. The van der Waals surface area contributed by atoms with Crippen molar-refractivity contribution in [3.05, 3.63) is 40.6 Å². The van der Waals surface area contributed by atoms with Crippen molar-refractivity contribution in [3.8, 4) is 11.5 Å². The lowest BCUT2D eigenvalue weighted by Gasteiger charge is -2.31. The van der Waals surface area contributed by atoms with Crippen LogP contribution in [0.1, 0.15) is 17.7 Å². The first-order valence-corrected chi connectivity index (χ1v) is 11.6. The number of hydrogen-bond acceptors (Lipinski definition) is 6. The highest BCUT2D eigenvalue weighted by Gasteiger charge is 2.23. The maximum absolute atomic E-state index is 12.6. The lowest BCUT2D eigenvalue weighted by molar-refractivity contribution is 0.171. The van der Waals surface area contributed by atoms with Crippen LogP contribution in [0.5, 0.6) is 11.5 Å². The molecular weight excluding hydrogens is 384 g/mol. The third-order valence-electron chi connectivity index (χ3n) is 5.05. The number of likely N-dealkylation sites (tertiary alicyclic amines) is 1. The fourth-order valence-electron chi connectivity index (χ4n) is 3.47. The molecule has 6 nitrogen and oxygen atoms in total. The Labute approximate surface area is 164 Å². The number of rotatable bonds is 6. The van der Waals surface area contributed by atoms with E-state index in [-0.39, 0.29) is 4.90 Å². The first kappa shape index (κ1) is 18.7. The van der Waals surface area contributed by atoms with Crippen LogP contribution in [0.3, 0.4) is 0 Å². The topological polar surface area (TPSA) is 67.9 Å². The average Bonchev–Trinajstić information content (AvgIpc) is 3.20. The molecule has 0 spiro atoms. The third kappa shape index (κ3) is 4.63. The second kappa shape index (κ2) is 8.18. The predicted molar refractivity (Wildman–Crippen MR) is 105 cm³/mol. The van der Waals surface area contributed by atoms with Crippen molar-refractivity contribution < 1.29 is 17.9 Å². The van der Waals surface area contributed by atoms with Gasteiger partial charge in [-0.15, -0.1) is 11.3 Å². The fraction of sp³-hybridized carbons (Fsp3) is 0.474. The van der Waals surface area contributed by atoms with Crippen molar-refractivity contribution in [1.29, 1.82) is 0 Å². The Balaban J connectivity index is 1.29. The molecule has 27 heavy (non-hydrogen) atoms. The normalized spacial score (nSPS) is 18.5. The van der Waals surface area contributed by atoms with Crippen molar-refractivity contribution in [3.63, 3.8) is 0 Å². The summed E-state index contributed by atoms with van der Waals surface area (Å²) in [5.74, 6) is 1.46.